The van der Waals surface area contributed by atoms with Crippen molar-refractivity contribution in [2.24, 2.45) is 0 Å². The van der Waals surface area contributed by atoms with E-state index in [1.165, 1.54) is 28.4 Å². The lowest BCUT2D eigenvalue weighted by molar-refractivity contribution is 0.626. The Hall–Kier alpha value is -0.410. The van der Waals surface area contributed by atoms with Crippen molar-refractivity contribution in [3.05, 3.63) is 15.6 Å². The Kier molecular flexibility index (Phi) is 2.65. The van der Waals surface area contributed by atoms with Crippen LogP contribution in [0.3, 0.4) is 0 Å². The van der Waals surface area contributed by atoms with Gasteiger partial charge >= 0.3 is 0 Å². The van der Waals surface area contributed by atoms with Crippen molar-refractivity contribution in [3.63, 3.8) is 0 Å². The molecule has 1 saturated heterocycles. The number of nitrogens with zero attached hydrogens (tertiary/aromatic N) is 1. The van der Waals surface area contributed by atoms with Crippen molar-refractivity contribution >= 4 is 11.3 Å². The minimum absolute atomic E-state index is 0.538. The van der Waals surface area contributed by atoms with Crippen LogP contribution in [0.2, 0.25) is 0 Å². The first-order valence-corrected chi connectivity index (χ1v) is 5.82. The predicted octanol–water partition coefficient (Wildman–Crippen LogP) is 2.44. The molecule has 1 aromatic heterocycles. The van der Waals surface area contributed by atoms with E-state index in [-0.39, 0.29) is 0 Å². The topological polar surface area (TPSA) is 24.9 Å². The van der Waals surface area contributed by atoms with E-state index in [1.807, 2.05) is 11.3 Å². The average molecular weight is 196 g/mol. The number of thiazole rings is 1. The second kappa shape index (κ2) is 3.76. The van der Waals surface area contributed by atoms with Gasteiger partial charge in [0.25, 0.3) is 0 Å². The standard InChI is InChI=1S/C10H16N2S/c1-3-9-12-10(7(2)13-9)8-5-4-6-11-8/h8,11H,3-6H2,1-2H3. The zero-order valence-electron chi connectivity index (χ0n) is 8.26. The largest absolute Gasteiger partial charge is 0.309 e. The fraction of sp³-hybridized carbons (Fsp3) is 0.700. The third-order valence-corrected chi connectivity index (χ3v) is 3.70. The molecule has 0 bridgehead atoms. The highest BCUT2D eigenvalue weighted by Gasteiger charge is 2.20. The maximum absolute atomic E-state index is 4.67. The molecule has 13 heavy (non-hydrogen) atoms. The highest BCUT2D eigenvalue weighted by atomic mass is 32.1. The van der Waals surface area contributed by atoms with Gasteiger partial charge in [0.2, 0.25) is 0 Å². The highest BCUT2D eigenvalue weighted by Crippen LogP contribution is 2.28. The van der Waals surface area contributed by atoms with Gasteiger partial charge < -0.3 is 5.32 Å². The molecule has 1 aromatic rings. The minimum Gasteiger partial charge on any atom is -0.309 e. The highest BCUT2D eigenvalue weighted by molar-refractivity contribution is 7.11. The summed E-state index contributed by atoms with van der Waals surface area (Å²) in [7, 11) is 0. The van der Waals surface area contributed by atoms with E-state index in [0.717, 1.165) is 13.0 Å². The van der Waals surface area contributed by atoms with Gasteiger partial charge in [-0.05, 0) is 32.7 Å². The SMILES string of the molecule is CCc1nc(C2CCCN2)c(C)s1. The average Bonchev–Trinajstić information content (AvgIpc) is 2.72. The van der Waals surface area contributed by atoms with Crippen LogP contribution >= 0.6 is 11.3 Å². The number of nitrogens with one attached hydrogen (secondary N) is 1. The van der Waals surface area contributed by atoms with Crippen molar-refractivity contribution in [1.82, 2.24) is 10.3 Å². The number of rotatable bonds is 2. The van der Waals surface area contributed by atoms with Crippen molar-refractivity contribution in [3.8, 4) is 0 Å². The zero-order chi connectivity index (χ0) is 9.26. The monoisotopic (exact) mass is 196 g/mol. The van der Waals surface area contributed by atoms with Crippen molar-refractivity contribution in [2.75, 3.05) is 6.54 Å². The van der Waals surface area contributed by atoms with Crippen LogP contribution in [0.1, 0.15) is 41.4 Å². The van der Waals surface area contributed by atoms with Crippen molar-refractivity contribution in [1.29, 1.82) is 0 Å². The fourth-order valence-corrected chi connectivity index (χ4v) is 2.79. The van der Waals surface area contributed by atoms with E-state index < -0.39 is 0 Å². The molecule has 0 aromatic carbocycles. The molecule has 2 rings (SSSR count). The quantitative estimate of drug-likeness (QED) is 0.786. The van der Waals surface area contributed by atoms with E-state index >= 15 is 0 Å². The summed E-state index contributed by atoms with van der Waals surface area (Å²) in [5.74, 6) is 0. The van der Waals surface area contributed by atoms with Gasteiger partial charge in [0.1, 0.15) is 0 Å². The van der Waals surface area contributed by atoms with E-state index in [0.29, 0.717) is 6.04 Å². The summed E-state index contributed by atoms with van der Waals surface area (Å²) in [5.41, 5.74) is 1.30. The summed E-state index contributed by atoms with van der Waals surface area (Å²) in [6.07, 6.45) is 3.62. The van der Waals surface area contributed by atoms with Crippen LogP contribution in [0.5, 0.6) is 0 Å². The Morgan fingerprint density at radius 2 is 2.46 bits per heavy atom. The van der Waals surface area contributed by atoms with Crippen LogP contribution in [-0.2, 0) is 6.42 Å². The minimum atomic E-state index is 0.538. The molecule has 72 valence electrons. The molecule has 1 fully saturated rings. The normalized spacial score (nSPS) is 22.5. The van der Waals surface area contributed by atoms with Gasteiger partial charge in [-0.1, -0.05) is 6.92 Å². The molecule has 1 aliphatic rings. The fourth-order valence-electron chi connectivity index (χ4n) is 1.86. The molecule has 0 spiro atoms. The van der Waals surface area contributed by atoms with E-state index in [1.54, 1.807) is 0 Å². The molecule has 0 saturated carbocycles. The Labute approximate surface area is 83.4 Å². The first-order chi connectivity index (χ1) is 6.31. The van der Waals surface area contributed by atoms with Crippen LogP contribution in [0, 0.1) is 6.92 Å². The molecule has 0 aliphatic carbocycles. The number of aromatic nitrogens is 1. The Morgan fingerprint density at radius 3 is 3.00 bits per heavy atom. The smallest absolute Gasteiger partial charge is 0.0928 e. The first-order valence-electron chi connectivity index (χ1n) is 5.01. The predicted molar refractivity (Wildman–Crippen MR) is 56.2 cm³/mol. The summed E-state index contributed by atoms with van der Waals surface area (Å²) >= 11 is 1.85. The number of hydrogen-bond acceptors (Lipinski definition) is 3. The molecule has 1 N–H and O–H groups in total. The molecule has 1 unspecified atom stereocenters. The summed E-state index contributed by atoms with van der Waals surface area (Å²) in [5, 5.41) is 4.77. The van der Waals surface area contributed by atoms with Gasteiger partial charge in [-0.15, -0.1) is 11.3 Å². The van der Waals surface area contributed by atoms with Gasteiger partial charge in [0.15, 0.2) is 0 Å². The van der Waals surface area contributed by atoms with E-state index in [9.17, 15) is 0 Å². The third-order valence-electron chi connectivity index (χ3n) is 2.57. The summed E-state index contributed by atoms with van der Waals surface area (Å²) in [4.78, 5) is 6.07. The molecule has 3 heteroatoms. The zero-order valence-corrected chi connectivity index (χ0v) is 9.08. The first kappa shape index (κ1) is 9.16. The van der Waals surface area contributed by atoms with Gasteiger partial charge in [0.05, 0.1) is 16.7 Å². The van der Waals surface area contributed by atoms with Crippen LogP contribution in [0.25, 0.3) is 0 Å². The van der Waals surface area contributed by atoms with Crippen molar-refractivity contribution < 1.29 is 0 Å². The molecule has 0 radical (unpaired) electrons. The van der Waals surface area contributed by atoms with Crippen LogP contribution in [0.15, 0.2) is 0 Å². The summed E-state index contributed by atoms with van der Waals surface area (Å²) in [6.45, 7) is 5.51. The van der Waals surface area contributed by atoms with E-state index in [2.05, 4.69) is 24.1 Å². The Balaban J connectivity index is 2.22. The second-order valence-corrected chi connectivity index (χ2v) is 4.84. The number of hydrogen-bond donors (Lipinski definition) is 1. The molecular weight excluding hydrogens is 180 g/mol. The van der Waals surface area contributed by atoms with Gasteiger partial charge in [-0.2, -0.15) is 0 Å². The van der Waals surface area contributed by atoms with E-state index in [4.69, 9.17) is 0 Å². The van der Waals surface area contributed by atoms with Gasteiger partial charge in [-0.3, -0.25) is 0 Å². The molecule has 2 heterocycles. The lowest BCUT2D eigenvalue weighted by atomic mass is 10.1. The summed E-state index contributed by atoms with van der Waals surface area (Å²) < 4.78 is 0. The lowest BCUT2D eigenvalue weighted by Crippen LogP contribution is -2.14. The maximum atomic E-state index is 4.67. The maximum Gasteiger partial charge on any atom is 0.0928 e. The van der Waals surface area contributed by atoms with Crippen LogP contribution in [-0.4, -0.2) is 11.5 Å². The lowest BCUT2D eigenvalue weighted by Gasteiger charge is -2.06. The van der Waals surface area contributed by atoms with Crippen molar-refractivity contribution in [2.45, 2.75) is 39.2 Å². The molecular formula is C10H16N2S. The summed E-state index contributed by atoms with van der Waals surface area (Å²) in [6, 6.07) is 0.538. The second-order valence-electron chi connectivity index (χ2n) is 3.55. The number of aryl methyl sites for hydroxylation is 2. The molecule has 1 atom stereocenters. The van der Waals surface area contributed by atoms with Gasteiger partial charge in [-0.25, -0.2) is 4.98 Å². The van der Waals surface area contributed by atoms with Gasteiger partial charge in [0, 0.05) is 4.88 Å². The molecule has 2 nitrogen and oxygen atoms in total. The Morgan fingerprint density at radius 1 is 1.62 bits per heavy atom. The molecule has 1 aliphatic heterocycles. The molecule has 0 amide bonds. The third kappa shape index (κ3) is 1.76. The Bertz CT molecular complexity index is 287. The van der Waals surface area contributed by atoms with Crippen LogP contribution in [0.4, 0.5) is 0 Å². The van der Waals surface area contributed by atoms with Crippen LogP contribution < -0.4 is 5.32 Å².